The molecule has 1 N–H and O–H groups in total. The number of aryl methyl sites for hydroxylation is 1. The van der Waals surface area contributed by atoms with Crippen LogP contribution in [0.1, 0.15) is 25.6 Å². The van der Waals surface area contributed by atoms with Gasteiger partial charge in [0.1, 0.15) is 11.6 Å². The minimum atomic E-state index is -0.0557. The number of para-hydroxylation sites is 2. The van der Waals surface area contributed by atoms with E-state index in [4.69, 9.17) is 4.74 Å². The highest BCUT2D eigenvalue weighted by Gasteiger charge is 2.24. The molecule has 1 aromatic carbocycles. The van der Waals surface area contributed by atoms with Crippen LogP contribution in [-0.2, 0) is 13.0 Å². The van der Waals surface area contributed by atoms with Crippen molar-refractivity contribution >= 4 is 11.7 Å². The zero-order valence-electron chi connectivity index (χ0n) is 14.9. The monoisotopic (exact) mass is 342 g/mol. The Morgan fingerprint density at radius 1 is 1.32 bits per heavy atom. The van der Waals surface area contributed by atoms with E-state index >= 15 is 0 Å². The third kappa shape index (κ3) is 4.13. The lowest BCUT2D eigenvalue weighted by molar-refractivity contribution is 0.176. The Morgan fingerprint density at radius 3 is 2.80 bits per heavy atom. The summed E-state index contributed by atoms with van der Waals surface area (Å²) in [5.41, 5.74) is 0.711. The number of likely N-dealkylation sites (tertiary alicyclic amines) is 1. The summed E-state index contributed by atoms with van der Waals surface area (Å²) in [6.07, 6.45) is 6.91. The molecule has 134 valence electrons. The van der Waals surface area contributed by atoms with E-state index in [1.54, 1.807) is 7.11 Å². The number of methoxy groups -OCH3 is 1. The van der Waals surface area contributed by atoms with Crippen LogP contribution in [-0.4, -0.2) is 40.7 Å². The average Bonchev–Trinajstić information content (AvgIpc) is 3.10. The summed E-state index contributed by atoms with van der Waals surface area (Å²) in [5, 5.41) is 2.96. The first-order valence-electron chi connectivity index (χ1n) is 8.90. The molecule has 1 aromatic heterocycles. The molecule has 25 heavy (non-hydrogen) atoms. The summed E-state index contributed by atoms with van der Waals surface area (Å²) in [6.45, 7) is 4.68. The number of amides is 2. The Balaban J connectivity index is 1.52. The first-order valence-corrected chi connectivity index (χ1v) is 8.90. The van der Waals surface area contributed by atoms with Crippen LogP contribution in [0, 0.1) is 5.92 Å². The van der Waals surface area contributed by atoms with Gasteiger partial charge < -0.3 is 19.5 Å². The Hall–Kier alpha value is -2.50. The van der Waals surface area contributed by atoms with Crippen LogP contribution in [0.2, 0.25) is 0 Å². The lowest BCUT2D eigenvalue weighted by Gasteiger charge is -2.32. The first-order chi connectivity index (χ1) is 12.2. The molecule has 0 saturated carbocycles. The lowest BCUT2D eigenvalue weighted by atomic mass is 9.97. The van der Waals surface area contributed by atoms with Crippen molar-refractivity contribution in [1.82, 2.24) is 14.5 Å². The summed E-state index contributed by atoms with van der Waals surface area (Å²) in [6, 6.07) is 7.42. The van der Waals surface area contributed by atoms with Crippen molar-refractivity contribution in [3.05, 3.63) is 42.5 Å². The zero-order chi connectivity index (χ0) is 17.6. The number of anilines is 1. The number of nitrogens with one attached hydrogen (secondary N) is 1. The van der Waals surface area contributed by atoms with E-state index in [2.05, 4.69) is 28.0 Å². The summed E-state index contributed by atoms with van der Waals surface area (Å²) in [5.74, 6) is 2.41. The molecule has 2 amide bonds. The second-order valence-electron chi connectivity index (χ2n) is 6.41. The molecular weight excluding hydrogens is 316 g/mol. The van der Waals surface area contributed by atoms with Gasteiger partial charge in [-0.05, 0) is 30.9 Å². The maximum absolute atomic E-state index is 12.5. The van der Waals surface area contributed by atoms with Crippen LogP contribution < -0.4 is 10.1 Å². The smallest absolute Gasteiger partial charge is 0.321 e. The fourth-order valence-corrected chi connectivity index (χ4v) is 3.36. The SMILES string of the molecule is CCc1nccn1CC1CCN(C(=O)Nc2ccccc2OC)CC1. The summed E-state index contributed by atoms with van der Waals surface area (Å²) in [7, 11) is 1.61. The number of urea groups is 1. The number of hydrogen-bond donors (Lipinski definition) is 1. The van der Waals surface area contributed by atoms with E-state index in [1.807, 2.05) is 35.4 Å². The fraction of sp³-hybridized carbons (Fsp3) is 0.474. The van der Waals surface area contributed by atoms with Crippen molar-refractivity contribution in [3.8, 4) is 5.75 Å². The molecule has 0 unspecified atom stereocenters. The van der Waals surface area contributed by atoms with Gasteiger partial charge in [0.15, 0.2) is 0 Å². The number of nitrogens with zero attached hydrogens (tertiary/aromatic N) is 3. The molecule has 6 nitrogen and oxygen atoms in total. The summed E-state index contributed by atoms with van der Waals surface area (Å²) < 4.78 is 7.53. The number of carbonyl (C=O) groups is 1. The molecule has 0 radical (unpaired) electrons. The maximum atomic E-state index is 12.5. The first kappa shape index (κ1) is 17.3. The van der Waals surface area contributed by atoms with E-state index in [1.165, 1.54) is 0 Å². The van der Waals surface area contributed by atoms with E-state index in [0.717, 1.165) is 44.7 Å². The number of benzene rings is 1. The van der Waals surface area contributed by atoms with Gasteiger partial charge in [0.05, 0.1) is 12.8 Å². The van der Waals surface area contributed by atoms with E-state index in [0.29, 0.717) is 17.4 Å². The zero-order valence-corrected chi connectivity index (χ0v) is 14.9. The van der Waals surface area contributed by atoms with Crippen molar-refractivity contribution < 1.29 is 9.53 Å². The molecule has 2 heterocycles. The molecule has 6 heteroatoms. The minimum absolute atomic E-state index is 0.0557. The molecule has 2 aromatic rings. The number of carbonyl (C=O) groups excluding carboxylic acids is 1. The predicted molar refractivity (Wildman–Crippen MR) is 97.9 cm³/mol. The van der Waals surface area contributed by atoms with Gasteiger partial charge in [-0.15, -0.1) is 0 Å². The third-order valence-corrected chi connectivity index (χ3v) is 4.82. The fourth-order valence-electron chi connectivity index (χ4n) is 3.36. The van der Waals surface area contributed by atoms with Crippen LogP contribution in [0.15, 0.2) is 36.7 Å². The molecule has 0 bridgehead atoms. The van der Waals surface area contributed by atoms with Crippen LogP contribution in [0.5, 0.6) is 5.75 Å². The predicted octanol–water partition coefficient (Wildman–Crippen LogP) is 3.40. The third-order valence-electron chi connectivity index (χ3n) is 4.82. The minimum Gasteiger partial charge on any atom is -0.495 e. The highest BCUT2D eigenvalue weighted by atomic mass is 16.5. The van der Waals surface area contributed by atoms with Crippen LogP contribution in [0.25, 0.3) is 0 Å². The molecule has 1 fully saturated rings. The van der Waals surface area contributed by atoms with E-state index < -0.39 is 0 Å². The van der Waals surface area contributed by atoms with Crippen molar-refractivity contribution in [2.24, 2.45) is 5.92 Å². The lowest BCUT2D eigenvalue weighted by Crippen LogP contribution is -2.41. The number of piperidine rings is 1. The van der Waals surface area contributed by atoms with E-state index in [9.17, 15) is 4.79 Å². The number of rotatable bonds is 5. The quantitative estimate of drug-likeness (QED) is 0.906. The van der Waals surface area contributed by atoms with Gasteiger partial charge in [-0.1, -0.05) is 19.1 Å². The van der Waals surface area contributed by atoms with Gasteiger partial charge >= 0.3 is 6.03 Å². The molecule has 0 aliphatic carbocycles. The summed E-state index contributed by atoms with van der Waals surface area (Å²) >= 11 is 0. The second kappa shape index (κ2) is 8.05. The Labute approximate surface area is 148 Å². The normalized spacial score (nSPS) is 15.2. The molecule has 0 atom stereocenters. The Bertz CT molecular complexity index is 705. The molecular formula is C19H26N4O2. The van der Waals surface area contributed by atoms with Crippen molar-refractivity contribution in [3.63, 3.8) is 0 Å². The van der Waals surface area contributed by atoms with Gasteiger partial charge in [0, 0.05) is 38.4 Å². The molecule has 0 spiro atoms. The number of ether oxygens (including phenoxy) is 1. The Morgan fingerprint density at radius 2 is 2.08 bits per heavy atom. The van der Waals surface area contributed by atoms with Gasteiger partial charge in [-0.2, -0.15) is 0 Å². The highest BCUT2D eigenvalue weighted by molar-refractivity contribution is 5.91. The van der Waals surface area contributed by atoms with Crippen molar-refractivity contribution in [1.29, 1.82) is 0 Å². The highest BCUT2D eigenvalue weighted by Crippen LogP contribution is 2.25. The molecule has 1 aliphatic heterocycles. The number of hydrogen-bond acceptors (Lipinski definition) is 3. The average molecular weight is 342 g/mol. The molecule has 1 saturated heterocycles. The summed E-state index contributed by atoms with van der Waals surface area (Å²) in [4.78, 5) is 18.8. The van der Waals surface area contributed by atoms with Crippen molar-refractivity contribution in [2.75, 3.05) is 25.5 Å². The van der Waals surface area contributed by atoms with Gasteiger partial charge in [0.2, 0.25) is 0 Å². The van der Waals surface area contributed by atoms with Crippen LogP contribution >= 0.6 is 0 Å². The standard InChI is InChI=1S/C19H26N4O2/c1-3-18-20-10-13-23(18)14-15-8-11-22(12-9-15)19(24)21-16-6-4-5-7-17(16)25-2/h4-7,10,13,15H,3,8-9,11-12,14H2,1-2H3,(H,21,24). The maximum Gasteiger partial charge on any atom is 0.321 e. The van der Waals surface area contributed by atoms with Crippen LogP contribution in [0.4, 0.5) is 10.5 Å². The van der Waals surface area contributed by atoms with Gasteiger partial charge in [-0.3, -0.25) is 0 Å². The second-order valence-corrected chi connectivity index (χ2v) is 6.41. The largest absolute Gasteiger partial charge is 0.495 e. The van der Waals surface area contributed by atoms with Gasteiger partial charge in [0.25, 0.3) is 0 Å². The van der Waals surface area contributed by atoms with Gasteiger partial charge in [-0.25, -0.2) is 9.78 Å². The number of aromatic nitrogens is 2. The Kier molecular flexibility index (Phi) is 5.58. The molecule has 1 aliphatic rings. The van der Waals surface area contributed by atoms with Crippen LogP contribution in [0.3, 0.4) is 0 Å². The van der Waals surface area contributed by atoms with E-state index in [-0.39, 0.29) is 6.03 Å². The van der Waals surface area contributed by atoms with Crippen molar-refractivity contribution in [2.45, 2.75) is 32.7 Å². The number of imidazole rings is 1. The molecule has 3 rings (SSSR count). The topological polar surface area (TPSA) is 59.4 Å².